The van der Waals surface area contributed by atoms with Crippen molar-refractivity contribution < 1.29 is 9.53 Å². The molecule has 4 heteroatoms. The average molecular weight is 429 g/mol. The molecule has 166 valence electrons. The Labute approximate surface area is 191 Å². The summed E-state index contributed by atoms with van der Waals surface area (Å²) in [5.74, 6) is 1.33. The van der Waals surface area contributed by atoms with E-state index in [1.165, 1.54) is 11.3 Å². The highest BCUT2D eigenvalue weighted by Gasteiger charge is 2.46. The molecule has 0 bridgehead atoms. The molecule has 1 fully saturated rings. The summed E-state index contributed by atoms with van der Waals surface area (Å²) in [6.07, 6.45) is 6.60. The van der Waals surface area contributed by atoms with Gasteiger partial charge in [0.1, 0.15) is 6.10 Å². The number of rotatable bonds is 4. The Morgan fingerprint density at radius 3 is 2.59 bits per heavy atom. The second-order valence-corrected chi connectivity index (χ2v) is 9.66. The van der Waals surface area contributed by atoms with E-state index in [0.29, 0.717) is 24.2 Å². The Hall–Kier alpha value is -3.06. The Kier molecular flexibility index (Phi) is 6.37. The molecule has 0 saturated heterocycles. The molecule has 4 atom stereocenters. The monoisotopic (exact) mass is 428 g/mol. The van der Waals surface area contributed by atoms with Gasteiger partial charge in [-0.05, 0) is 47.8 Å². The normalized spacial score (nSPS) is 27.0. The number of nitriles is 1. The summed E-state index contributed by atoms with van der Waals surface area (Å²) < 4.78 is 6.17. The highest BCUT2D eigenvalue weighted by Crippen LogP contribution is 2.41. The minimum absolute atomic E-state index is 0.120. The SMILES string of the molecule is CC(C)[C@H]1CC[C@H](C)C[C@@H]1OC(=O)N1C=Cc2ccccc2C1(C#N)Cc1ccccc1. The smallest absolute Gasteiger partial charge is 0.415 e. The fourth-order valence-corrected chi connectivity index (χ4v) is 5.31. The van der Waals surface area contributed by atoms with Gasteiger partial charge >= 0.3 is 6.09 Å². The number of hydrogen-bond donors (Lipinski definition) is 0. The molecular formula is C28H32N2O2. The van der Waals surface area contributed by atoms with Gasteiger partial charge in [0.05, 0.1) is 6.07 Å². The second-order valence-electron chi connectivity index (χ2n) is 9.66. The van der Waals surface area contributed by atoms with Crippen LogP contribution in [0.1, 0.15) is 56.7 Å². The molecule has 0 radical (unpaired) electrons. The molecule has 4 rings (SSSR count). The van der Waals surface area contributed by atoms with E-state index in [9.17, 15) is 10.1 Å². The lowest BCUT2D eigenvalue weighted by Gasteiger charge is -2.42. The van der Waals surface area contributed by atoms with Crippen molar-refractivity contribution >= 4 is 12.2 Å². The molecule has 1 saturated carbocycles. The van der Waals surface area contributed by atoms with Gasteiger partial charge in [0.15, 0.2) is 5.54 Å². The van der Waals surface area contributed by atoms with Crippen molar-refractivity contribution in [2.24, 2.45) is 17.8 Å². The molecule has 1 amide bonds. The van der Waals surface area contributed by atoms with E-state index in [1.54, 1.807) is 6.20 Å². The number of ether oxygens (including phenoxy) is 1. The Morgan fingerprint density at radius 2 is 1.88 bits per heavy atom. The van der Waals surface area contributed by atoms with Gasteiger partial charge in [-0.25, -0.2) is 4.79 Å². The second kappa shape index (κ2) is 9.20. The molecule has 2 aromatic carbocycles. The molecule has 2 aliphatic rings. The van der Waals surface area contributed by atoms with Crippen molar-refractivity contribution in [3.63, 3.8) is 0 Å². The highest BCUT2D eigenvalue weighted by atomic mass is 16.6. The van der Waals surface area contributed by atoms with Crippen LogP contribution in [0, 0.1) is 29.1 Å². The summed E-state index contributed by atoms with van der Waals surface area (Å²) in [7, 11) is 0. The summed E-state index contributed by atoms with van der Waals surface area (Å²) in [5.41, 5.74) is 1.64. The zero-order chi connectivity index (χ0) is 22.7. The predicted molar refractivity (Wildman–Crippen MR) is 126 cm³/mol. The average Bonchev–Trinajstić information content (AvgIpc) is 2.79. The van der Waals surface area contributed by atoms with E-state index in [-0.39, 0.29) is 6.10 Å². The Bertz CT molecular complexity index is 1020. The summed E-state index contributed by atoms with van der Waals surface area (Å²) >= 11 is 0. The third kappa shape index (κ3) is 4.17. The van der Waals surface area contributed by atoms with E-state index in [2.05, 4.69) is 26.8 Å². The van der Waals surface area contributed by atoms with E-state index >= 15 is 0 Å². The van der Waals surface area contributed by atoms with Crippen LogP contribution in [0.25, 0.3) is 6.08 Å². The number of carbonyl (C=O) groups excluding carboxylic acids is 1. The van der Waals surface area contributed by atoms with Crippen LogP contribution < -0.4 is 0 Å². The van der Waals surface area contributed by atoms with E-state index in [1.807, 2.05) is 60.7 Å². The molecule has 0 N–H and O–H groups in total. The topological polar surface area (TPSA) is 53.3 Å². The summed E-state index contributed by atoms with van der Waals surface area (Å²) in [6, 6.07) is 20.2. The van der Waals surface area contributed by atoms with E-state index < -0.39 is 11.6 Å². The van der Waals surface area contributed by atoms with Crippen LogP contribution in [0.15, 0.2) is 60.8 Å². The van der Waals surface area contributed by atoms with Crippen LogP contribution in [0.4, 0.5) is 4.79 Å². The van der Waals surface area contributed by atoms with Crippen molar-refractivity contribution in [2.75, 3.05) is 0 Å². The fraction of sp³-hybridized carbons (Fsp3) is 0.429. The first-order chi connectivity index (χ1) is 15.4. The molecule has 0 aromatic heterocycles. The van der Waals surface area contributed by atoms with E-state index in [0.717, 1.165) is 29.5 Å². The van der Waals surface area contributed by atoms with Crippen LogP contribution in [0.2, 0.25) is 0 Å². The molecule has 4 nitrogen and oxygen atoms in total. The van der Waals surface area contributed by atoms with Gasteiger partial charge < -0.3 is 4.74 Å². The zero-order valence-corrected chi connectivity index (χ0v) is 19.2. The maximum absolute atomic E-state index is 13.6. The quantitative estimate of drug-likeness (QED) is 0.556. The molecule has 1 aliphatic carbocycles. The van der Waals surface area contributed by atoms with Gasteiger partial charge in [-0.1, -0.05) is 81.8 Å². The van der Waals surface area contributed by atoms with Crippen molar-refractivity contribution in [3.8, 4) is 6.07 Å². The summed E-state index contributed by atoms with van der Waals surface area (Å²) in [4.78, 5) is 15.1. The van der Waals surface area contributed by atoms with Crippen molar-refractivity contribution in [3.05, 3.63) is 77.5 Å². The zero-order valence-electron chi connectivity index (χ0n) is 19.2. The third-order valence-electron chi connectivity index (χ3n) is 7.12. The van der Waals surface area contributed by atoms with Gasteiger partial charge in [-0.2, -0.15) is 5.26 Å². The maximum Gasteiger partial charge on any atom is 0.415 e. The van der Waals surface area contributed by atoms with Crippen LogP contribution in [0.3, 0.4) is 0 Å². The lowest BCUT2D eigenvalue weighted by molar-refractivity contribution is -0.0137. The molecule has 1 aliphatic heterocycles. The maximum atomic E-state index is 13.6. The lowest BCUT2D eigenvalue weighted by atomic mass is 9.75. The van der Waals surface area contributed by atoms with Crippen LogP contribution in [-0.4, -0.2) is 17.1 Å². The molecule has 0 spiro atoms. The molecule has 32 heavy (non-hydrogen) atoms. The third-order valence-corrected chi connectivity index (χ3v) is 7.12. The van der Waals surface area contributed by atoms with Gasteiger partial charge in [0.2, 0.25) is 0 Å². The molecular weight excluding hydrogens is 396 g/mol. The van der Waals surface area contributed by atoms with Gasteiger partial charge in [-0.3, -0.25) is 4.90 Å². The number of amides is 1. The van der Waals surface area contributed by atoms with Crippen molar-refractivity contribution in [1.29, 1.82) is 5.26 Å². The lowest BCUT2D eigenvalue weighted by Crippen LogP contribution is -2.50. The van der Waals surface area contributed by atoms with Gasteiger partial charge in [0, 0.05) is 18.2 Å². The summed E-state index contributed by atoms with van der Waals surface area (Å²) in [6.45, 7) is 6.63. The van der Waals surface area contributed by atoms with Gasteiger partial charge in [-0.15, -0.1) is 0 Å². The first kappa shape index (κ1) is 22.1. The van der Waals surface area contributed by atoms with Crippen molar-refractivity contribution in [1.82, 2.24) is 4.90 Å². The highest BCUT2D eigenvalue weighted by molar-refractivity contribution is 5.76. The van der Waals surface area contributed by atoms with E-state index in [4.69, 9.17) is 4.74 Å². The first-order valence-corrected chi connectivity index (χ1v) is 11.7. The Balaban J connectivity index is 1.69. The van der Waals surface area contributed by atoms with Crippen LogP contribution in [-0.2, 0) is 16.7 Å². The minimum Gasteiger partial charge on any atom is -0.446 e. The fourth-order valence-electron chi connectivity index (χ4n) is 5.31. The van der Waals surface area contributed by atoms with Gasteiger partial charge in [0.25, 0.3) is 0 Å². The number of hydrogen-bond acceptors (Lipinski definition) is 3. The predicted octanol–water partition coefficient (Wildman–Crippen LogP) is 6.53. The molecule has 2 aromatic rings. The summed E-state index contributed by atoms with van der Waals surface area (Å²) in [5, 5.41) is 10.5. The van der Waals surface area contributed by atoms with Crippen molar-refractivity contribution in [2.45, 2.75) is 58.1 Å². The number of benzene rings is 2. The molecule has 1 heterocycles. The minimum atomic E-state index is -1.16. The molecule has 1 unspecified atom stereocenters. The number of fused-ring (bicyclic) bond motifs is 1. The Morgan fingerprint density at radius 1 is 1.16 bits per heavy atom. The number of nitrogens with zero attached hydrogens (tertiary/aromatic N) is 2. The van der Waals surface area contributed by atoms with Crippen LogP contribution >= 0.6 is 0 Å². The largest absolute Gasteiger partial charge is 0.446 e. The first-order valence-electron chi connectivity index (χ1n) is 11.7. The van der Waals surface area contributed by atoms with Crippen LogP contribution in [0.5, 0.6) is 0 Å². The number of carbonyl (C=O) groups is 1. The standard InChI is InChI=1S/C28H32N2O2/c1-20(2)24-14-13-21(3)17-26(24)32-27(31)30-16-15-23-11-7-8-12-25(23)28(30,19-29)18-22-9-5-4-6-10-22/h4-12,15-16,20-21,24,26H,13-14,17-18H2,1-3H3/t21-,24+,26-,28?/m0/s1.